The third-order valence-corrected chi connectivity index (χ3v) is 4.25. The minimum Gasteiger partial charge on any atom is -0.326 e. The van der Waals surface area contributed by atoms with Crippen LogP contribution in [0.1, 0.15) is 23.7 Å². The van der Waals surface area contributed by atoms with Gasteiger partial charge in [-0.15, -0.1) is 0 Å². The smallest absolute Gasteiger partial charge is 0.321 e. The summed E-state index contributed by atoms with van der Waals surface area (Å²) < 4.78 is 0. The molecule has 2 N–H and O–H groups in total. The molecule has 2 heterocycles. The molecule has 0 radical (unpaired) electrons. The molecule has 0 bridgehead atoms. The highest BCUT2D eigenvalue weighted by molar-refractivity contribution is 5.89. The van der Waals surface area contributed by atoms with E-state index in [0.717, 1.165) is 29.8 Å². The van der Waals surface area contributed by atoms with Crippen molar-refractivity contribution in [2.75, 3.05) is 18.4 Å². The summed E-state index contributed by atoms with van der Waals surface area (Å²) in [5, 5.41) is 2.97. The number of rotatable bonds is 2. The van der Waals surface area contributed by atoms with Crippen molar-refractivity contribution in [3.63, 3.8) is 0 Å². The molecule has 0 aliphatic carbocycles. The van der Waals surface area contributed by atoms with Gasteiger partial charge in [0.25, 0.3) is 0 Å². The molecule has 1 aromatic carbocycles. The van der Waals surface area contributed by atoms with Crippen molar-refractivity contribution in [1.82, 2.24) is 9.88 Å². The lowest BCUT2D eigenvalue weighted by Crippen LogP contribution is -2.36. The van der Waals surface area contributed by atoms with Gasteiger partial charge in [0.1, 0.15) is 0 Å². The van der Waals surface area contributed by atoms with Crippen LogP contribution in [-0.2, 0) is 19.3 Å². The fourth-order valence-corrected chi connectivity index (χ4v) is 2.89. The molecule has 2 aromatic rings. The first-order valence-electron chi connectivity index (χ1n) is 8.01. The molecular formula is C18H21N3O2. The van der Waals surface area contributed by atoms with Gasteiger partial charge in [0.2, 0.25) is 5.56 Å². The number of pyridine rings is 1. The summed E-state index contributed by atoms with van der Waals surface area (Å²) in [5.41, 5.74) is 4.00. The predicted octanol–water partition coefficient (Wildman–Crippen LogP) is 2.57. The summed E-state index contributed by atoms with van der Waals surface area (Å²) >= 11 is 0. The molecule has 3 rings (SSSR count). The fourth-order valence-electron chi connectivity index (χ4n) is 2.89. The number of anilines is 1. The zero-order chi connectivity index (χ0) is 16.2. The first-order chi connectivity index (χ1) is 11.2. The van der Waals surface area contributed by atoms with Crippen molar-refractivity contribution in [3.05, 3.63) is 63.6 Å². The van der Waals surface area contributed by atoms with Gasteiger partial charge in [-0.3, -0.25) is 4.79 Å². The van der Waals surface area contributed by atoms with E-state index in [0.29, 0.717) is 19.5 Å². The number of fused-ring (bicyclic) bond motifs is 1. The number of carbonyl (C=O) groups is 1. The normalized spacial score (nSPS) is 14.0. The second-order valence-electron chi connectivity index (χ2n) is 5.80. The van der Waals surface area contributed by atoms with Gasteiger partial charge < -0.3 is 15.2 Å². The number of nitrogens with one attached hydrogen (secondary N) is 2. The van der Waals surface area contributed by atoms with Crippen molar-refractivity contribution in [2.45, 2.75) is 26.2 Å². The van der Waals surface area contributed by atoms with Crippen LogP contribution in [0.25, 0.3) is 0 Å². The van der Waals surface area contributed by atoms with Crippen LogP contribution < -0.4 is 10.9 Å². The average molecular weight is 311 g/mol. The topological polar surface area (TPSA) is 65.2 Å². The van der Waals surface area contributed by atoms with Gasteiger partial charge in [-0.2, -0.15) is 0 Å². The summed E-state index contributed by atoms with van der Waals surface area (Å²) in [6.45, 7) is 3.35. The molecule has 1 aliphatic heterocycles. The summed E-state index contributed by atoms with van der Waals surface area (Å²) in [5.74, 6) is 0. The van der Waals surface area contributed by atoms with E-state index in [-0.39, 0.29) is 11.6 Å². The van der Waals surface area contributed by atoms with Gasteiger partial charge in [0, 0.05) is 37.0 Å². The number of amides is 2. The predicted molar refractivity (Wildman–Crippen MR) is 90.9 cm³/mol. The van der Waals surface area contributed by atoms with E-state index in [1.807, 2.05) is 24.3 Å². The molecule has 0 saturated heterocycles. The average Bonchev–Trinajstić information content (AvgIpc) is 2.77. The second kappa shape index (κ2) is 6.69. The molecule has 1 aromatic heterocycles. The molecule has 120 valence electrons. The van der Waals surface area contributed by atoms with Crippen LogP contribution in [0.3, 0.4) is 0 Å². The number of benzene rings is 1. The molecule has 5 nitrogen and oxygen atoms in total. The standard InChI is InChI=1S/C18H21N3O2/c1-2-13-4-3-5-15(12-13)19-18(23)21-10-8-14-6-7-17(22)20-16(14)9-11-21/h3-7,12H,2,8-11H2,1H3,(H,19,23)(H,20,22). The Morgan fingerprint density at radius 1 is 1.22 bits per heavy atom. The maximum atomic E-state index is 12.5. The number of aromatic nitrogens is 1. The van der Waals surface area contributed by atoms with E-state index < -0.39 is 0 Å². The monoisotopic (exact) mass is 311 g/mol. The number of hydrogen-bond donors (Lipinski definition) is 2. The minimum absolute atomic E-state index is 0.0852. The molecule has 0 spiro atoms. The van der Waals surface area contributed by atoms with Crippen LogP contribution in [0.15, 0.2) is 41.2 Å². The van der Waals surface area contributed by atoms with Gasteiger partial charge in [0.15, 0.2) is 0 Å². The number of carbonyl (C=O) groups excluding carboxylic acids is 1. The lowest BCUT2D eigenvalue weighted by molar-refractivity contribution is 0.214. The first-order valence-corrected chi connectivity index (χ1v) is 8.01. The Morgan fingerprint density at radius 3 is 2.87 bits per heavy atom. The Bertz CT molecular complexity index is 767. The highest BCUT2D eigenvalue weighted by Crippen LogP contribution is 2.15. The van der Waals surface area contributed by atoms with Gasteiger partial charge in [0.05, 0.1) is 0 Å². The molecule has 0 fully saturated rings. The van der Waals surface area contributed by atoms with Crippen LogP contribution in [0.2, 0.25) is 0 Å². The number of urea groups is 1. The molecule has 1 aliphatic rings. The molecule has 2 amide bonds. The van der Waals surface area contributed by atoms with E-state index in [9.17, 15) is 9.59 Å². The summed E-state index contributed by atoms with van der Waals surface area (Å²) in [6.07, 6.45) is 2.37. The van der Waals surface area contributed by atoms with E-state index in [4.69, 9.17) is 0 Å². The molecule has 5 heteroatoms. The Labute approximate surface area is 135 Å². The summed E-state index contributed by atoms with van der Waals surface area (Å²) in [7, 11) is 0. The molecule has 0 saturated carbocycles. The van der Waals surface area contributed by atoms with E-state index in [1.54, 1.807) is 11.0 Å². The van der Waals surface area contributed by atoms with Crippen molar-refractivity contribution >= 4 is 11.7 Å². The molecule has 0 atom stereocenters. The number of aromatic amines is 1. The molecular weight excluding hydrogens is 290 g/mol. The summed E-state index contributed by atoms with van der Waals surface area (Å²) in [6, 6.07) is 11.2. The molecule has 0 unspecified atom stereocenters. The lowest BCUT2D eigenvalue weighted by Gasteiger charge is -2.21. The Morgan fingerprint density at radius 2 is 2.04 bits per heavy atom. The second-order valence-corrected chi connectivity index (χ2v) is 5.80. The highest BCUT2D eigenvalue weighted by Gasteiger charge is 2.19. The van der Waals surface area contributed by atoms with Crippen LogP contribution in [0.4, 0.5) is 10.5 Å². The number of hydrogen-bond acceptors (Lipinski definition) is 2. The van der Waals surface area contributed by atoms with Crippen LogP contribution in [0, 0.1) is 0 Å². The van der Waals surface area contributed by atoms with Crippen LogP contribution in [0.5, 0.6) is 0 Å². The van der Waals surface area contributed by atoms with Gasteiger partial charge in [-0.05, 0) is 36.1 Å². The highest BCUT2D eigenvalue weighted by atomic mass is 16.2. The SMILES string of the molecule is CCc1cccc(NC(=O)N2CCc3ccc(=O)[nH]c3CC2)c1. The quantitative estimate of drug-likeness (QED) is 0.895. The summed E-state index contributed by atoms with van der Waals surface area (Å²) in [4.78, 5) is 28.6. The van der Waals surface area contributed by atoms with E-state index >= 15 is 0 Å². The zero-order valence-corrected chi connectivity index (χ0v) is 13.3. The van der Waals surface area contributed by atoms with Gasteiger partial charge >= 0.3 is 6.03 Å². The lowest BCUT2D eigenvalue weighted by atomic mass is 10.1. The number of aryl methyl sites for hydroxylation is 1. The van der Waals surface area contributed by atoms with Crippen molar-refractivity contribution in [3.8, 4) is 0 Å². The van der Waals surface area contributed by atoms with Crippen LogP contribution in [-0.4, -0.2) is 29.0 Å². The third-order valence-electron chi connectivity index (χ3n) is 4.25. The van der Waals surface area contributed by atoms with E-state index in [1.165, 1.54) is 5.56 Å². The Hall–Kier alpha value is -2.56. The first kappa shape index (κ1) is 15.3. The number of nitrogens with zero attached hydrogens (tertiary/aromatic N) is 1. The van der Waals surface area contributed by atoms with E-state index in [2.05, 4.69) is 23.3 Å². The van der Waals surface area contributed by atoms with Crippen LogP contribution >= 0.6 is 0 Å². The molecule has 23 heavy (non-hydrogen) atoms. The van der Waals surface area contributed by atoms with Gasteiger partial charge in [-0.25, -0.2) is 4.79 Å². The fraction of sp³-hybridized carbons (Fsp3) is 0.333. The zero-order valence-electron chi connectivity index (χ0n) is 13.3. The van der Waals surface area contributed by atoms with Crippen molar-refractivity contribution in [2.24, 2.45) is 0 Å². The van der Waals surface area contributed by atoms with Crippen molar-refractivity contribution in [1.29, 1.82) is 0 Å². The Kier molecular flexibility index (Phi) is 4.46. The largest absolute Gasteiger partial charge is 0.326 e. The van der Waals surface area contributed by atoms with Gasteiger partial charge in [-0.1, -0.05) is 25.1 Å². The number of H-pyrrole nitrogens is 1. The third kappa shape index (κ3) is 3.62. The Balaban J connectivity index is 1.68. The minimum atomic E-state index is -0.0894. The van der Waals surface area contributed by atoms with Crippen molar-refractivity contribution < 1.29 is 4.79 Å². The maximum absolute atomic E-state index is 12.5. The maximum Gasteiger partial charge on any atom is 0.321 e.